The average molecular weight is 357 g/mol. The Balaban J connectivity index is 1.61. The van der Waals surface area contributed by atoms with Crippen molar-refractivity contribution in [1.29, 1.82) is 0 Å². The van der Waals surface area contributed by atoms with E-state index in [0.717, 1.165) is 42.9 Å². The predicted octanol–water partition coefficient (Wildman–Crippen LogP) is 2.53. The summed E-state index contributed by atoms with van der Waals surface area (Å²) in [7, 11) is 3.44. The molecule has 1 heterocycles. The first-order valence-electron chi connectivity index (χ1n) is 9.16. The van der Waals surface area contributed by atoms with Gasteiger partial charge in [-0.3, -0.25) is 0 Å². The molecule has 1 aliphatic carbocycles. The van der Waals surface area contributed by atoms with E-state index in [1.807, 2.05) is 4.57 Å². The van der Waals surface area contributed by atoms with E-state index in [-0.39, 0.29) is 6.03 Å². The van der Waals surface area contributed by atoms with Gasteiger partial charge in [-0.2, -0.15) is 0 Å². The van der Waals surface area contributed by atoms with Crippen LogP contribution in [-0.4, -0.2) is 39.9 Å². The Bertz CT molecular complexity index is 771. The molecular weight excluding hydrogens is 330 g/mol. The summed E-state index contributed by atoms with van der Waals surface area (Å²) in [6, 6.07) is 4.14. The van der Waals surface area contributed by atoms with Gasteiger partial charge in [-0.25, -0.2) is 4.79 Å². The molecule has 1 aromatic heterocycles. The van der Waals surface area contributed by atoms with Crippen molar-refractivity contribution >= 4 is 6.03 Å². The summed E-state index contributed by atoms with van der Waals surface area (Å²) >= 11 is 0. The smallest absolute Gasteiger partial charge is 0.317 e. The number of nitrogens with one attached hydrogen (secondary N) is 1. The summed E-state index contributed by atoms with van der Waals surface area (Å²) in [5, 5.41) is 11.0. The van der Waals surface area contributed by atoms with E-state index in [1.54, 1.807) is 25.4 Å². The lowest BCUT2D eigenvalue weighted by molar-refractivity contribution is 0.204. The molecule has 0 aliphatic heterocycles. The number of ether oxygens (including phenoxy) is 1. The maximum absolute atomic E-state index is 12.5. The third-order valence-electron chi connectivity index (χ3n) is 4.81. The van der Waals surface area contributed by atoms with Crippen molar-refractivity contribution in [3.05, 3.63) is 41.0 Å². The normalized spacial score (nSPS) is 12.7. The molecule has 0 radical (unpaired) electrons. The molecule has 1 aromatic carbocycles. The van der Waals surface area contributed by atoms with Gasteiger partial charge in [0.2, 0.25) is 0 Å². The lowest BCUT2D eigenvalue weighted by Gasteiger charge is -2.19. The number of nitrogens with zero attached hydrogens (tertiary/aromatic N) is 4. The van der Waals surface area contributed by atoms with Crippen molar-refractivity contribution < 1.29 is 9.53 Å². The Morgan fingerprint density at radius 2 is 2.12 bits per heavy atom. The molecule has 2 aromatic rings. The van der Waals surface area contributed by atoms with Gasteiger partial charge in [-0.15, -0.1) is 10.2 Å². The van der Waals surface area contributed by atoms with Gasteiger partial charge >= 0.3 is 6.03 Å². The van der Waals surface area contributed by atoms with E-state index in [2.05, 4.69) is 34.6 Å². The van der Waals surface area contributed by atoms with Gasteiger partial charge in [0.05, 0.1) is 13.7 Å². The van der Waals surface area contributed by atoms with E-state index >= 15 is 0 Å². The topological polar surface area (TPSA) is 72.3 Å². The Morgan fingerprint density at radius 1 is 1.35 bits per heavy atom. The average Bonchev–Trinajstić information content (AvgIpc) is 3.27. The standard InChI is InChI=1S/C19H27N5O2/c1-4-8-24-13-21-22-18(24)12-23(2)19(25)20-11-16-9-14-6-5-7-15(14)10-17(16)26-3/h9-10,13H,4-8,11-12H2,1-3H3,(H,20,25). The van der Waals surface area contributed by atoms with Crippen molar-refractivity contribution in [3.63, 3.8) is 0 Å². The molecule has 0 fully saturated rings. The minimum absolute atomic E-state index is 0.140. The first-order valence-corrected chi connectivity index (χ1v) is 9.16. The van der Waals surface area contributed by atoms with Crippen molar-refractivity contribution in [2.75, 3.05) is 14.2 Å². The maximum Gasteiger partial charge on any atom is 0.317 e. The van der Waals surface area contributed by atoms with Crippen LogP contribution in [0.2, 0.25) is 0 Å². The van der Waals surface area contributed by atoms with Crippen molar-refractivity contribution in [2.45, 2.75) is 52.2 Å². The molecule has 7 heteroatoms. The molecule has 2 amide bonds. The minimum Gasteiger partial charge on any atom is -0.496 e. The first kappa shape index (κ1) is 18.2. The third-order valence-corrected chi connectivity index (χ3v) is 4.81. The summed E-state index contributed by atoms with van der Waals surface area (Å²) in [4.78, 5) is 14.1. The van der Waals surface area contributed by atoms with Crippen LogP contribution in [0.3, 0.4) is 0 Å². The summed E-state index contributed by atoms with van der Waals surface area (Å²) in [6.45, 7) is 3.82. The lowest BCUT2D eigenvalue weighted by atomic mass is 10.1. The molecule has 7 nitrogen and oxygen atoms in total. The highest BCUT2D eigenvalue weighted by Crippen LogP contribution is 2.29. The van der Waals surface area contributed by atoms with E-state index in [4.69, 9.17) is 4.74 Å². The Labute approximate surface area is 154 Å². The number of fused-ring (bicyclic) bond motifs is 1. The SMILES string of the molecule is CCCn1cnnc1CN(C)C(=O)NCc1cc2c(cc1OC)CCC2. The van der Waals surface area contributed by atoms with Crippen molar-refractivity contribution in [1.82, 2.24) is 25.0 Å². The Hall–Kier alpha value is -2.57. The lowest BCUT2D eigenvalue weighted by Crippen LogP contribution is -2.37. The second-order valence-electron chi connectivity index (χ2n) is 6.74. The zero-order chi connectivity index (χ0) is 18.5. The summed E-state index contributed by atoms with van der Waals surface area (Å²) in [5.41, 5.74) is 3.75. The van der Waals surface area contributed by atoms with E-state index in [0.29, 0.717) is 13.1 Å². The number of aromatic nitrogens is 3. The molecule has 3 rings (SSSR count). The van der Waals surface area contributed by atoms with Gasteiger partial charge in [0.1, 0.15) is 12.1 Å². The molecule has 140 valence electrons. The van der Waals surface area contributed by atoms with Crippen LogP contribution in [0.15, 0.2) is 18.5 Å². The highest BCUT2D eigenvalue weighted by atomic mass is 16.5. The molecule has 0 spiro atoms. The Morgan fingerprint density at radius 3 is 2.85 bits per heavy atom. The third kappa shape index (κ3) is 3.98. The highest BCUT2D eigenvalue weighted by molar-refractivity contribution is 5.73. The van der Waals surface area contributed by atoms with Crippen LogP contribution in [-0.2, 0) is 32.5 Å². The van der Waals surface area contributed by atoms with Gasteiger partial charge in [0.15, 0.2) is 5.82 Å². The molecule has 0 unspecified atom stereocenters. The van der Waals surface area contributed by atoms with Gasteiger partial charge in [-0.05, 0) is 42.9 Å². The molecule has 26 heavy (non-hydrogen) atoms. The second kappa shape index (κ2) is 8.21. The molecule has 0 saturated heterocycles. The van der Waals surface area contributed by atoms with Crippen molar-refractivity contribution in [2.24, 2.45) is 0 Å². The van der Waals surface area contributed by atoms with Gasteiger partial charge in [0.25, 0.3) is 0 Å². The fourth-order valence-corrected chi connectivity index (χ4v) is 3.40. The van der Waals surface area contributed by atoms with E-state index < -0.39 is 0 Å². The summed E-state index contributed by atoms with van der Waals surface area (Å²) in [6.07, 6.45) is 6.11. The highest BCUT2D eigenvalue weighted by Gasteiger charge is 2.17. The van der Waals surface area contributed by atoms with E-state index in [9.17, 15) is 4.79 Å². The van der Waals surface area contributed by atoms with Crippen LogP contribution in [0.4, 0.5) is 4.79 Å². The van der Waals surface area contributed by atoms with Crippen LogP contribution in [0, 0.1) is 0 Å². The van der Waals surface area contributed by atoms with Gasteiger partial charge in [0, 0.05) is 25.7 Å². The fraction of sp³-hybridized carbons (Fsp3) is 0.526. The summed E-state index contributed by atoms with van der Waals surface area (Å²) in [5.74, 6) is 1.64. The quantitative estimate of drug-likeness (QED) is 0.826. The number of hydrogen-bond donors (Lipinski definition) is 1. The van der Waals surface area contributed by atoms with E-state index in [1.165, 1.54) is 17.5 Å². The number of carbonyl (C=O) groups excluding carboxylic acids is 1. The number of methoxy groups -OCH3 is 1. The zero-order valence-electron chi connectivity index (χ0n) is 15.8. The fourth-order valence-electron chi connectivity index (χ4n) is 3.40. The maximum atomic E-state index is 12.5. The molecule has 0 atom stereocenters. The summed E-state index contributed by atoms with van der Waals surface area (Å²) < 4.78 is 7.48. The number of hydrogen-bond acceptors (Lipinski definition) is 4. The zero-order valence-corrected chi connectivity index (χ0v) is 15.8. The molecule has 0 saturated carbocycles. The molecule has 0 bridgehead atoms. The van der Waals surface area contributed by atoms with Crippen LogP contribution >= 0.6 is 0 Å². The van der Waals surface area contributed by atoms with Crippen molar-refractivity contribution in [3.8, 4) is 5.75 Å². The largest absolute Gasteiger partial charge is 0.496 e. The van der Waals surface area contributed by atoms with Crippen LogP contribution < -0.4 is 10.1 Å². The second-order valence-corrected chi connectivity index (χ2v) is 6.74. The predicted molar refractivity (Wildman–Crippen MR) is 99.0 cm³/mol. The molecule has 1 aliphatic rings. The van der Waals surface area contributed by atoms with Crippen LogP contribution in [0.25, 0.3) is 0 Å². The minimum atomic E-state index is -0.140. The number of rotatable bonds is 7. The van der Waals surface area contributed by atoms with Crippen LogP contribution in [0.1, 0.15) is 42.3 Å². The number of benzene rings is 1. The number of amides is 2. The first-order chi connectivity index (χ1) is 12.6. The molecule has 1 N–H and O–H groups in total. The number of carbonyl (C=O) groups is 1. The monoisotopic (exact) mass is 357 g/mol. The number of aryl methyl sites for hydroxylation is 3. The Kier molecular flexibility index (Phi) is 5.75. The molecular formula is C19H27N5O2. The van der Waals surface area contributed by atoms with Gasteiger partial charge < -0.3 is 19.5 Å². The van der Waals surface area contributed by atoms with Gasteiger partial charge in [-0.1, -0.05) is 13.0 Å². The van der Waals surface area contributed by atoms with Crippen LogP contribution in [0.5, 0.6) is 5.75 Å². The number of urea groups is 1.